The maximum atomic E-state index is 11.0. The Morgan fingerprint density at radius 3 is 2.69 bits per heavy atom. The van der Waals surface area contributed by atoms with Crippen molar-refractivity contribution in [2.75, 3.05) is 0 Å². The van der Waals surface area contributed by atoms with Crippen LogP contribution in [-0.4, -0.2) is 5.78 Å². The van der Waals surface area contributed by atoms with Crippen molar-refractivity contribution in [1.82, 2.24) is 0 Å². The molecule has 0 heterocycles. The Hall–Kier alpha value is -1.03. The predicted octanol–water partition coefficient (Wildman–Crippen LogP) is 3.11. The number of unbranched alkanes of at least 4 members (excludes halogenated alkanes) is 3. The summed E-state index contributed by atoms with van der Waals surface area (Å²) >= 11 is 0. The van der Waals surface area contributed by atoms with Crippen LogP contribution in [-0.2, 0) is 4.79 Å². The van der Waals surface area contributed by atoms with Gasteiger partial charge in [0.1, 0.15) is 0 Å². The lowest BCUT2D eigenvalue weighted by molar-refractivity contribution is -0.109. The third-order valence-corrected chi connectivity index (χ3v) is 1.59. The van der Waals surface area contributed by atoms with E-state index in [1.807, 2.05) is 6.08 Å². The summed E-state index contributed by atoms with van der Waals surface area (Å²) in [5, 5.41) is 0. The molecule has 0 rings (SSSR count). The number of ketones is 1. The summed E-state index contributed by atoms with van der Waals surface area (Å²) in [6, 6.07) is 0. The Morgan fingerprint density at radius 2 is 2.08 bits per heavy atom. The standard InChI is InChI=1S/C12H18O/c1-3-5-7-9-11-12(13)10-8-6-4-2/h8,10H,3-7H2,1-2H3/b10-8-. The molecule has 0 spiro atoms. The molecule has 0 aromatic carbocycles. The zero-order chi connectivity index (χ0) is 9.94. The molecule has 72 valence electrons. The van der Waals surface area contributed by atoms with E-state index in [0.717, 1.165) is 32.1 Å². The normalized spacial score (nSPS) is 9.69. The molecule has 0 fully saturated rings. The zero-order valence-electron chi connectivity index (χ0n) is 8.60. The van der Waals surface area contributed by atoms with Crippen LogP contribution in [0.25, 0.3) is 0 Å². The molecule has 0 aliphatic heterocycles. The van der Waals surface area contributed by atoms with Crippen molar-refractivity contribution in [3.8, 4) is 11.8 Å². The minimum atomic E-state index is -0.0652. The van der Waals surface area contributed by atoms with Gasteiger partial charge >= 0.3 is 0 Å². The summed E-state index contributed by atoms with van der Waals surface area (Å²) in [6.45, 7) is 4.20. The Bertz CT molecular complexity index is 215. The summed E-state index contributed by atoms with van der Waals surface area (Å²) in [5.74, 6) is 5.40. The van der Waals surface area contributed by atoms with E-state index in [0.29, 0.717) is 0 Å². The summed E-state index contributed by atoms with van der Waals surface area (Å²) in [5.41, 5.74) is 0. The van der Waals surface area contributed by atoms with Crippen molar-refractivity contribution < 1.29 is 4.79 Å². The molecule has 0 bridgehead atoms. The smallest absolute Gasteiger partial charge is 0.228 e. The molecule has 0 atom stereocenters. The number of hydrogen-bond acceptors (Lipinski definition) is 1. The topological polar surface area (TPSA) is 17.1 Å². The summed E-state index contributed by atoms with van der Waals surface area (Å²) in [6.07, 6.45) is 8.55. The Balaban J connectivity index is 3.64. The van der Waals surface area contributed by atoms with E-state index in [1.54, 1.807) is 6.08 Å². The van der Waals surface area contributed by atoms with Gasteiger partial charge in [-0.25, -0.2) is 0 Å². The van der Waals surface area contributed by atoms with Gasteiger partial charge in [0.25, 0.3) is 0 Å². The molecule has 0 N–H and O–H groups in total. The monoisotopic (exact) mass is 178 g/mol. The van der Waals surface area contributed by atoms with Crippen LogP contribution in [0.5, 0.6) is 0 Å². The molecule has 1 nitrogen and oxygen atoms in total. The second-order valence-corrected chi connectivity index (χ2v) is 2.96. The van der Waals surface area contributed by atoms with E-state index in [1.165, 1.54) is 0 Å². The third kappa shape index (κ3) is 8.88. The molecule has 0 saturated carbocycles. The second-order valence-electron chi connectivity index (χ2n) is 2.96. The molecule has 0 amide bonds. The first-order valence-corrected chi connectivity index (χ1v) is 5.00. The minimum absolute atomic E-state index is 0.0652. The van der Waals surface area contributed by atoms with Crippen LogP contribution in [0.1, 0.15) is 46.0 Å². The van der Waals surface area contributed by atoms with E-state index in [2.05, 4.69) is 25.7 Å². The van der Waals surface area contributed by atoms with Crippen LogP contribution in [0.2, 0.25) is 0 Å². The molecule has 0 aliphatic rings. The predicted molar refractivity (Wildman–Crippen MR) is 56.4 cm³/mol. The average Bonchev–Trinajstić information content (AvgIpc) is 2.13. The fourth-order valence-electron chi connectivity index (χ4n) is 0.813. The lowest BCUT2D eigenvalue weighted by Crippen LogP contribution is -1.85. The molecule has 1 heteroatoms. The van der Waals surface area contributed by atoms with Gasteiger partial charge in [0, 0.05) is 6.42 Å². The molecular formula is C12H18O. The number of allylic oxidation sites excluding steroid dienone is 2. The Morgan fingerprint density at radius 1 is 1.31 bits per heavy atom. The summed E-state index contributed by atoms with van der Waals surface area (Å²) in [7, 11) is 0. The number of carbonyl (C=O) groups excluding carboxylic acids is 1. The zero-order valence-corrected chi connectivity index (χ0v) is 8.60. The van der Waals surface area contributed by atoms with Crippen molar-refractivity contribution >= 4 is 5.78 Å². The highest BCUT2D eigenvalue weighted by Crippen LogP contribution is 1.91. The van der Waals surface area contributed by atoms with Gasteiger partial charge in [-0.2, -0.15) is 0 Å². The van der Waals surface area contributed by atoms with Crippen LogP contribution in [0.4, 0.5) is 0 Å². The molecule has 13 heavy (non-hydrogen) atoms. The highest BCUT2D eigenvalue weighted by molar-refractivity contribution is 6.04. The van der Waals surface area contributed by atoms with Crippen molar-refractivity contribution in [3.63, 3.8) is 0 Å². The van der Waals surface area contributed by atoms with Gasteiger partial charge in [0.2, 0.25) is 5.78 Å². The maximum absolute atomic E-state index is 11.0. The number of hydrogen-bond donors (Lipinski definition) is 0. The first-order chi connectivity index (χ1) is 6.31. The van der Waals surface area contributed by atoms with Gasteiger partial charge in [-0.1, -0.05) is 38.7 Å². The number of carbonyl (C=O) groups is 1. The van der Waals surface area contributed by atoms with E-state index in [4.69, 9.17) is 0 Å². The third-order valence-electron chi connectivity index (χ3n) is 1.59. The van der Waals surface area contributed by atoms with Gasteiger partial charge in [0.05, 0.1) is 0 Å². The van der Waals surface area contributed by atoms with Gasteiger partial charge < -0.3 is 0 Å². The lowest BCUT2D eigenvalue weighted by Gasteiger charge is -1.83. The van der Waals surface area contributed by atoms with Crippen molar-refractivity contribution in [2.45, 2.75) is 46.0 Å². The van der Waals surface area contributed by atoms with E-state index < -0.39 is 0 Å². The molecular weight excluding hydrogens is 160 g/mol. The van der Waals surface area contributed by atoms with Crippen LogP contribution >= 0.6 is 0 Å². The number of rotatable bonds is 5. The Labute approximate surface area is 81.2 Å². The molecule has 0 aliphatic carbocycles. The van der Waals surface area contributed by atoms with Gasteiger partial charge in [0.15, 0.2) is 0 Å². The average molecular weight is 178 g/mol. The van der Waals surface area contributed by atoms with Crippen molar-refractivity contribution in [1.29, 1.82) is 0 Å². The van der Waals surface area contributed by atoms with Gasteiger partial charge in [-0.15, -0.1) is 0 Å². The highest BCUT2D eigenvalue weighted by atomic mass is 16.1. The van der Waals surface area contributed by atoms with Crippen molar-refractivity contribution in [3.05, 3.63) is 12.2 Å². The SMILES string of the molecule is CCC/C=C\C(=O)C#CCCCC. The molecule has 0 aromatic rings. The fraction of sp³-hybridized carbons (Fsp3) is 0.583. The molecule has 0 saturated heterocycles. The summed E-state index contributed by atoms with van der Waals surface area (Å²) < 4.78 is 0. The minimum Gasteiger partial charge on any atom is -0.280 e. The van der Waals surface area contributed by atoms with Crippen LogP contribution in [0.3, 0.4) is 0 Å². The van der Waals surface area contributed by atoms with Gasteiger partial charge in [-0.3, -0.25) is 4.79 Å². The van der Waals surface area contributed by atoms with Crippen molar-refractivity contribution in [2.24, 2.45) is 0 Å². The quantitative estimate of drug-likeness (QED) is 0.273. The molecule has 0 radical (unpaired) electrons. The van der Waals surface area contributed by atoms with Crippen LogP contribution in [0, 0.1) is 11.8 Å². The second kappa shape index (κ2) is 9.06. The van der Waals surface area contributed by atoms with E-state index in [-0.39, 0.29) is 5.78 Å². The van der Waals surface area contributed by atoms with E-state index in [9.17, 15) is 4.79 Å². The Kier molecular flexibility index (Phi) is 8.34. The van der Waals surface area contributed by atoms with E-state index >= 15 is 0 Å². The summed E-state index contributed by atoms with van der Waals surface area (Å²) in [4.78, 5) is 11.0. The first-order valence-electron chi connectivity index (χ1n) is 5.00. The van der Waals surface area contributed by atoms with Crippen LogP contribution in [0.15, 0.2) is 12.2 Å². The van der Waals surface area contributed by atoms with Gasteiger partial charge in [-0.05, 0) is 24.8 Å². The lowest BCUT2D eigenvalue weighted by atomic mass is 10.2. The largest absolute Gasteiger partial charge is 0.280 e. The fourth-order valence-corrected chi connectivity index (χ4v) is 0.813. The van der Waals surface area contributed by atoms with Crippen LogP contribution < -0.4 is 0 Å². The first kappa shape index (κ1) is 12.0. The molecule has 0 unspecified atom stereocenters. The maximum Gasteiger partial charge on any atom is 0.228 e. The molecule has 0 aromatic heterocycles. The highest BCUT2D eigenvalue weighted by Gasteiger charge is 1.85.